The zero-order valence-electron chi connectivity index (χ0n) is 33.3. The molecule has 0 aliphatic heterocycles. The summed E-state index contributed by atoms with van der Waals surface area (Å²) in [5, 5.41) is 9.34. The first kappa shape index (κ1) is 35.0. The lowest BCUT2D eigenvalue weighted by Crippen LogP contribution is -2.55. The molecule has 4 nitrogen and oxygen atoms in total. The monoisotopic (exact) mass is 770 g/mol. The highest BCUT2D eigenvalue weighted by Gasteiger charge is 2.62. The fourth-order valence-electron chi connectivity index (χ4n) is 12.0. The van der Waals surface area contributed by atoms with Gasteiger partial charge in [-0.25, -0.2) is 15.0 Å². The van der Waals surface area contributed by atoms with Crippen molar-refractivity contribution in [1.82, 2.24) is 15.0 Å². The normalized spacial score (nSPS) is 21.7. The highest BCUT2D eigenvalue weighted by molar-refractivity contribution is 5.91. The Hall–Kier alpha value is -6.96. The van der Waals surface area contributed by atoms with E-state index in [-0.39, 0.29) is 5.41 Å². The van der Waals surface area contributed by atoms with Crippen LogP contribution in [0.25, 0.3) is 78.7 Å². The molecule has 7 aromatic carbocycles. The van der Waals surface area contributed by atoms with Crippen LogP contribution in [0.15, 0.2) is 170 Å². The molecule has 1 spiro atoms. The van der Waals surface area contributed by atoms with E-state index < -0.39 is 0 Å². The molecule has 13 rings (SSSR count). The molecule has 0 atom stereocenters. The number of hydrogen-bond donors (Lipinski definition) is 0. The third kappa shape index (κ3) is 5.53. The summed E-state index contributed by atoms with van der Waals surface area (Å²) >= 11 is 0. The molecule has 1 heterocycles. The fourth-order valence-corrected chi connectivity index (χ4v) is 12.0. The summed E-state index contributed by atoms with van der Waals surface area (Å²) in [6, 6.07) is 62.9. The van der Waals surface area contributed by atoms with Gasteiger partial charge >= 0.3 is 0 Å². The molecule has 4 fully saturated rings. The summed E-state index contributed by atoms with van der Waals surface area (Å²) in [5.74, 6) is 5.04. The van der Waals surface area contributed by atoms with E-state index in [0.29, 0.717) is 34.9 Å². The van der Waals surface area contributed by atoms with Crippen LogP contribution in [-0.2, 0) is 5.41 Å². The van der Waals surface area contributed by atoms with Crippen molar-refractivity contribution in [2.75, 3.05) is 0 Å². The molecule has 4 saturated carbocycles. The number of benzene rings is 7. The van der Waals surface area contributed by atoms with Gasteiger partial charge in [0.2, 0.25) is 0 Å². The molecule has 0 radical (unpaired) electrons. The third-order valence-electron chi connectivity index (χ3n) is 14.4. The van der Waals surface area contributed by atoms with Gasteiger partial charge in [0, 0.05) is 22.1 Å². The summed E-state index contributed by atoms with van der Waals surface area (Å²) in [4.78, 5) is 15.0. The molecule has 5 aliphatic carbocycles. The van der Waals surface area contributed by atoms with Gasteiger partial charge in [0.1, 0.15) is 0 Å². The van der Waals surface area contributed by atoms with Gasteiger partial charge in [-0.2, -0.15) is 5.26 Å². The predicted molar refractivity (Wildman–Crippen MR) is 240 cm³/mol. The lowest BCUT2D eigenvalue weighted by atomic mass is 9.42. The van der Waals surface area contributed by atoms with Crippen LogP contribution in [0.5, 0.6) is 0 Å². The van der Waals surface area contributed by atoms with Crippen LogP contribution in [0.2, 0.25) is 0 Å². The Kier molecular flexibility index (Phi) is 8.07. The van der Waals surface area contributed by atoms with Crippen molar-refractivity contribution in [3.63, 3.8) is 0 Å². The Morgan fingerprint density at radius 1 is 0.400 bits per heavy atom. The molecule has 5 aliphatic rings. The van der Waals surface area contributed by atoms with Gasteiger partial charge in [-0.05, 0) is 136 Å². The molecule has 0 N–H and O–H groups in total. The van der Waals surface area contributed by atoms with Gasteiger partial charge in [-0.3, -0.25) is 0 Å². The van der Waals surface area contributed by atoms with E-state index in [1.54, 1.807) is 11.1 Å². The number of nitrogens with zero attached hydrogens (tertiary/aromatic N) is 4. The molecule has 4 bridgehead atoms. The molecule has 0 amide bonds. The largest absolute Gasteiger partial charge is 0.208 e. The van der Waals surface area contributed by atoms with Gasteiger partial charge in [-0.15, -0.1) is 0 Å². The van der Waals surface area contributed by atoms with Gasteiger partial charge in [0.25, 0.3) is 0 Å². The van der Waals surface area contributed by atoms with Crippen molar-refractivity contribution in [1.29, 1.82) is 5.26 Å². The lowest BCUT2D eigenvalue weighted by molar-refractivity contribution is -0.0397. The Bertz CT molecular complexity index is 2900. The van der Waals surface area contributed by atoms with Crippen LogP contribution < -0.4 is 0 Å². The van der Waals surface area contributed by atoms with E-state index in [1.807, 2.05) is 48.5 Å². The topological polar surface area (TPSA) is 62.5 Å². The van der Waals surface area contributed by atoms with Crippen molar-refractivity contribution in [2.45, 2.75) is 37.5 Å². The minimum atomic E-state index is 0.0212. The smallest absolute Gasteiger partial charge is 0.164 e. The Morgan fingerprint density at radius 3 is 1.50 bits per heavy atom. The molecule has 8 aromatic rings. The maximum Gasteiger partial charge on any atom is 0.164 e. The number of hydrogen-bond acceptors (Lipinski definition) is 4. The zero-order valence-corrected chi connectivity index (χ0v) is 33.3. The van der Waals surface area contributed by atoms with Gasteiger partial charge in [0.15, 0.2) is 17.5 Å². The van der Waals surface area contributed by atoms with Crippen LogP contribution in [0.1, 0.15) is 48.8 Å². The SMILES string of the molecule is N#Cc1ccc(-c2ccc(-c3cccc4c3C3(c5ccc(-c6cccc(-c7nc(-c8ccccc8)nc(-c8ccccc8)n7)c6)cc5-4)C4CC5CC(C4)CC3C5)cc2)cc1. The average molecular weight is 771 g/mol. The van der Waals surface area contributed by atoms with Crippen molar-refractivity contribution in [2.24, 2.45) is 23.7 Å². The number of nitriles is 1. The maximum absolute atomic E-state index is 9.34. The Balaban J connectivity index is 0.978. The predicted octanol–water partition coefficient (Wildman–Crippen LogP) is 13.5. The third-order valence-corrected chi connectivity index (χ3v) is 14.4. The number of aromatic nitrogens is 3. The minimum absolute atomic E-state index is 0.0212. The van der Waals surface area contributed by atoms with Crippen LogP contribution in [0.3, 0.4) is 0 Å². The first-order valence-corrected chi connectivity index (χ1v) is 21.5. The number of fused-ring (bicyclic) bond motifs is 3. The molecule has 0 unspecified atom stereocenters. The van der Waals surface area contributed by atoms with Crippen molar-refractivity contribution in [3.8, 4) is 84.7 Å². The highest BCUT2D eigenvalue weighted by atomic mass is 15.0. The van der Waals surface area contributed by atoms with E-state index >= 15 is 0 Å². The van der Waals surface area contributed by atoms with Gasteiger partial charge < -0.3 is 0 Å². The molecule has 1 aromatic heterocycles. The van der Waals surface area contributed by atoms with Gasteiger partial charge in [-0.1, -0.05) is 146 Å². The van der Waals surface area contributed by atoms with Crippen LogP contribution in [0.4, 0.5) is 0 Å². The first-order valence-electron chi connectivity index (χ1n) is 21.5. The van der Waals surface area contributed by atoms with Crippen LogP contribution in [0, 0.1) is 35.0 Å². The summed E-state index contributed by atoms with van der Waals surface area (Å²) in [5.41, 5.74) is 16.8. The maximum atomic E-state index is 9.34. The van der Waals surface area contributed by atoms with Crippen molar-refractivity contribution >= 4 is 0 Å². The minimum Gasteiger partial charge on any atom is -0.208 e. The van der Waals surface area contributed by atoms with Crippen LogP contribution in [-0.4, -0.2) is 15.0 Å². The van der Waals surface area contributed by atoms with E-state index in [4.69, 9.17) is 15.0 Å². The fraction of sp³-hybridized carbons (Fsp3) is 0.179. The average Bonchev–Trinajstić information content (AvgIpc) is 3.61. The van der Waals surface area contributed by atoms with E-state index in [2.05, 4.69) is 127 Å². The number of rotatable bonds is 6. The van der Waals surface area contributed by atoms with Gasteiger partial charge in [0.05, 0.1) is 11.6 Å². The lowest BCUT2D eigenvalue weighted by Gasteiger charge is -2.61. The van der Waals surface area contributed by atoms with Crippen LogP contribution >= 0.6 is 0 Å². The second-order valence-corrected chi connectivity index (χ2v) is 17.5. The second-order valence-electron chi connectivity index (χ2n) is 17.5. The summed E-state index contributed by atoms with van der Waals surface area (Å²) in [6.45, 7) is 0. The summed E-state index contributed by atoms with van der Waals surface area (Å²) in [6.07, 6.45) is 6.78. The zero-order chi connectivity index (χ0) is 39.8. The molecule has 286 valence electrons. The molecule has 4 heteroatoms. The van der Waals surface area contributed by atoms with E-state index in [9.17, 15) is 5.26 Å². The van der Waals surface area contributed by atoms with E-state index in [1.165, 1.54) is 65.5 Å². The molecular formula is C56H42N4. The highest BCUT2D eigenvalue weighted by Crippen LogP contribution is 2.70. The quantitative estimate of drug-likeness (QED) is 0.169. The van der Waals surface area contributed by atoms with E-state index in [0.717, 1.165) is 39.7 Å². The molecule has 60 heavy (non-hydrogen) atoms. The first-order chi connectivity index (χ1) is 29.6. The summed E-state index contributed by atoms with van der Waals surface area (Å²) in [7, 11) is 0. The Labute approximate surface area is 351 Å². The standard InChI is InChI=1S/C56H42N4/c57-34-35-17-19-38(20-18-35)39-21-23-40(24-22-39)48-15-8-16-49-50-33-44(25-26-51(50)56(52(48)49)46-28-36-27-37(30-46)31-47(56)29-36)43-13-7-14-45(32-43)55-59-53(41-9-3-1-4-10-41)58-54(60-55)42-11-5-2-6-12-42/h1-26,32-33,36-37,46-47H,27-31H2. The Morgan fingerprint density at radius 2 is 0.883 bits per heavy atom. The second kappa shape index (κ2) is 13.8. The van der Waals surface area contributed by atoms with Crippen molar-refractivity contribution in [3.05, 3.63) is 187 Å². The summed E-state index contributed by atoms with van der Waals surface area (Å²) < 4.78 is 0. The molecular weight excluding hydrogens is 729 g/mol. The molecule has 0 saturated heterocycles. The van der Waals surface area contributed by atoms with Crippen molar-refractivity contribution < 1.29 is 0 Å².